The number of hydrogen-bond donors (Lipinski definition) is 0. The van der Waals surface area contributed by atoms with Crippen LogP contribution in [0.2, 0.25) is 0 Å². The zero-order valence-electron chi connectivity index (χ0n) is 30.8. The van der Waals surface area contributed by atoms with Gasteiger partial charge in [-0.1, -0.05) is 0 Å². The van der Waals surface area contributed by atoms with Crippen LogP contribution in [0.25, 0.3) is 0 Å². The number of rotatable bonds is 9. The van der Waals surface area contributed by atoms with Crippen molar-refractivity contribution < 1.29 is 0 Å². The molecule has 0 heterocycles. The molecule has 9 rings (SSSR count). The summed E-state index contributed by atoms with van der Waals surface area (Å²) < 4.78 is 2.42. The van der Waals surface area contributed by atoms with Crippen LogP contribution in [0, 0.1) is 0 Å². The third kappa shape index (κ3) is 5.57. The Bertz CT molecular complexity index is 2330. The average molecular weight is 811 g/mol. The van der Waals surface area contributed by atoms with Crippen molar-refractivity contribution in [2.24, 2.45) is 0 Å². The third-order valence-electron chi connectivity index (χ3n) is 12.0. The van der Waals surface area contributed by atoms with E-state index >= 15 is 0 Å². The van der Waals surface area contributed by atoms with Crippen LogP contribution in [0.5, 0.6) is 0 Å². The number of allylic oxidation sites excluding steroid dienone is 2. The van der Waals surface area contributed by atoms with E-state index in [-0.39, 0.29) is 5.92 Å². The first-order valence-electron chi connectivity index (χ1n) is 19.3. The molecule has 0 nitrogen and oxygen atoms in total. The standard InChI is InChI=1S/C42H33.2C6H5.Sn/c1-7-19-33(20-8-1)39-31-32-40(34-21-9-2-10-22-34)42(37-27-15-5-16-28-37,38-29-17-6-18-30-38)41(39,35-23-11-3-12-24-35)36-25-13-4-14-26-36;2*1-2-4-6-5-3-1;/h1-32,39H;2*1-5H;. The van der Waals surface area contributed by atoms with E-state index in [4.69, 9.17) is 0 Å². The van der Waals surface area contributed by atoms with Gasteiger partial charge in [0.2, 0.25) is 0 Å². The van der Waals surface area contributed by atoms with E-state index in [0.717, 1.165) is 0 Å². The fourth-order valence-corrected chi connectivity index (χ4v) is 21.2. The van der Waals surface area contributed by atoms with Crippen molar-refractivity contribution in [3.63, 3.8) is 0 Å². The average Bonchev–Trinajstić information content (AvgIpc) is 3.28. The van der Waals surface area contributed by atoms with Crippen LogP contribution >= 0.6 is 0 Å². The van der Waals surface area contributed by atoms with Crippen LogP contribution in [0.4, 0.5) is 0 Å². The van der Waals surface area contributed by atoms with E-state index in [1.165, 1.54) is 40.5 Å². The fraction of sp³-hybridized carbons (Fsp3) is 0.0741. The fourth-order valence-electron chi connectivity index (χ4n) is 10.2. The van der Waals surface area contributed by atoms with Gasteiger partial charge in [-0.25, -0.2) is 0 Å². The van der Waals surface area contributed by atoms with Gasteiger partial charge >= 0.3 is 335 Å². The predicted octanol–water partition coefficient (Wildman–Crippen LogP) is 11.1. The SMILES string of the molecule is C1=C[C](c2ccccc2)([Sn]([c]2ccccc2)[c]2ccccc2)C(c2ccccc2)(c2ccccc2)C(c2ccccc2)(c2ccccc2)C1c1ccccc1. The predicted molar refractivity (Wildman–Crippen MR) is 232 cm³/mol. The van der Waals surface area contributed by atoms with Gasteiger partial charge in [0, 0.05) is 0 Å². The molecule has 1 aliphatic carbocycles. The minimum absolute atomic E-state index is 0.0352. The molecule has 0 saturated carbocycles. The summed E-state index contributed by atoms with van der Waals surface area (Å²) in [5.74, 6) is -0.0352. The monoisotopic (exact) mass is 811 g/mol. The summed E-state index contributed by atoms with van der Waals surface area (Å²) in [5, 5.41) is 0. The molecule has 1 heteroatoms. The normalized spacial score (nSPS) is 18.5. The molecule has 0 N–H and O–H groups in total. The van der Waals surface area contributed by atoms with Crippen molar-refractivity contribution in [3.05, 3.63) is 288 Å². The third-order valence-corrected chi connectivity index (χ3v) is 21.8. The minimum atomic E-state index is -3.35. The zero-order chi connectivity index (χ0) is 37.0. The second kappa shape index (κ2) is 15.2. The Morgan fingerprint density at radius 3 is 1.00 bits per heavy atom. The van der Waals surface area contributed by atoms with Crippen molar-refractivity contribution in [3.8, 4) is 0 Å². The molecule has 2 atom stereocenters. The zero-order valence-corrected chi connectivity index (χ0v) is 33.7. The molecule has 0 saturated heterocycles. The Labute approximate surface area is 333 Å². The van der Waals surface area contributed by atoms with Gasteiger partial charge in [0.05, 0.1) is 0 Å². The molecule has 263 valence electrons. The van der Waals surface area contributed by atoms with Gasteiger partial charge in [0.25, 0.3) is 0 Å². The van der Waals surface area contributed by atoms with Gasteiger partial charge in [-0.15, -0.1) is 0 Å². The Kier molecular flexibility index (Phi) is 9.68. The molecule has 0 bridgehead atoms. The summed E-state index contributed by atoms with van der Waals surface area (Å²) in [6, 6.07) is 92.0. The Hall–Kier alpha value is -5.70. The van der Waals surface area contributed by atoms with E-state index in [1.807, 2.05) is 0 Å². The van der Waals surface area contributed by atoms with E-state index < -0.39 is 34.0 Å². The molecular weight excluding hydrogens is 767 g/mol. The molecule has 55 heavy (non-hydrogen) atoms. The van der Waals surface area contributed by atoms with Crippen LogP contribution in [-0.4, -0.2) is 19.8 Å². The van der Waals surface area contributed by atoms with Crippen molar-refractivity contribution in [1.82, 2.24) is 0 Å². The molecule has 0 fully saturated rings. The molecular formula is C54H43Sn. The molecule has 0 aromatic heterocycles. The second-order valence-corrected chi connectivity index (χ2v) is 22.2. The maximum atomic E-state index is 2.72. The number of hydrogen-bond acceptors (Lipinski definition) is 0. The number of benzene rings is 8. The van der Waals surface area contributed by atoms with Crippen molar-refractivity contribution in [2.45, 2.75) is 20.2 Å². The summed E-state index contributed by atoms with van der Waals surface area (Å²) in [5.41, 5.74) is 6.54. The first-order valence-corrected chi connectivity index (χ1v) is 23.6. The van der Waals surface area contributed by atoms with Crippen LogP contribution in [-0.2, 0) is 14.3 Å². The van der Waals surface area contributed by atoms with Gasteiger partial charge in [-0.3, -0.25) is 0 Å². The van der Waals surface area contributed by atoms with Gasteiger partial charge in [0.1, 0.15) is 0 Å². The Morgan fingerprint density at radius 2 is 0.618 bits per heavy atom. The molecule has 1 radical (unpaired) electrons. The van der Waals surface area contributed by atoms with Gasteiger partial charge in [-0.05, 0) is 0 Å². The summed E-state index contributed by atoms with van der Waals surface area (Å²) >= 11 is -3.35. The van der Waals surface area contributed by atoms with Gasteiger partial charge in [-0.2, -0.15) is 0 Å². The maximum absolute atomic E-state index is 3.35. The molecule has 0 amide bonds. The topological polar surface area (TPSA) is 0 Å². The molecule has 8 aromatic rings. The molecule has 1 aliphatic rings. The van der Waals surface area contributed by atoms with E-state index in [1.54, 1.807) is 0 Å². The summed E-state index contributed by atoms with van der Waals surface area (Å²) in [6.07, 6.45) is 5.35. The van der Waals surface area contributed by atoms with E-state index in [0.29, 0.717) is 0 Å². The molecule has 2 unspecified atom stereocenters. The van der Waals surface area contributed by atoms with Crippen molar-refractivity contribution in [2.75, 3.05) is 0 Å². The first kappa shape index (κ1) is 35.0. The van der Waals surface area contributed by atoms with Gasteiger partial charge < -0.3 is 0 Å². The van der Waals surface area contributed by atoms with Crippen LogP contribution < -0.4 is 7.16 Å². The van der Waals surface area contributed by atoms with Crippen LogP contribution in [0.15, 0.2) is 255 Å². The second-order valence-electron chi connectivity index (χ2n) is 14.6. The van der Waals surface area contributed by atoms with Crippen molar-refractivity contribution >= 4 is 26.9 Å². The summed E-state index contributed by atoms with van der Waals surface area (Å²) in [4.78, 5) is 0. The summed E-state index contributed by atoms with van der Waals surface area (Å²) in [7, 11) is 0. The Balaban J connectivity index is 1.63. The molecule has 0 spiro atoms. The quantitative estimate of drug-likeness (QED) is 0.101. The van der Waals surface area contributed by atoms with Crippen LogP contribution in [0.3, 0.4) is 0 Å². The molecule has 0 aliphatic heterocycles. The van der Waals surface area contributed by atoms with E-state index in [2.05, 4.69) is 255 Å². The van der Waals surface area contributed by atoms with E-state index in [9.17, 15) is 0 Å². The van der Waals surface area contributed by atoms with Crippen molar-refractivity contribution in [1.29, 1.82) is 0 Å². The first-order chi connectivity index (χ1) is 27.3. The molecule has 8 aromatic carbocycles. The van der Waals surface area contributed by atoms with Crippen LogP contribution in [0.1, 0.15) is 39.3 Å². The Morgan fingerprint density at radius 1 is 0.309 bits per heavy atom. The summed E-state index contributed by atoms with van der Waals surface area (Å²) in [6.45, 7) is 0. The van der Waals surface area contributed by atoms with Gasteiger partial charge in [0.15, 0.2) is 0 Å².